The summed E-state index contributed by atoms with van der Waals surface area (Å²) in [6, 6.07) is 3.01. The Kier molecular flexibility index (Phi) is 5.15. The van der Waals surface area contributed by atoms with Crippen molar-refractivity contribution in [1.29, 1.82) is 0 Å². The van der Waals surface area contributed by atoms with Crippen LogP contribution in [0, 0.1) is 13.8 Å². The maximum Gasteiger partial charge on any atom is 0.337 e. The minimum atomic E-state index is -2.02. The number of aliphatic hydroxyl groups is 1. The molecule has 2 amide bonds. The normalized spacial score (nSPS) is 13.2. The Morgan fingerprint density at radius 3 is 2.48 bits per heavy atom. The van der Waals surface area contributed by atoms with Gasteiger partial charge >= 0.3 is 12.0 Å². The third-order valence-corrected chi connectivity index (χ3v) is 3.03. The molecule has 0 aliphatic carbocycles. The number of carbonyl (C=O) groups is 2. The molecule has 0 bridgehead atoms. The molecule has 1 rings (SSSR count). The summed E-state index contributed by atoms with van der Waals surface area (Å²) in [6.07, 6.45) is 0. The predicted octanol–water partition coefficient (Wildman–Crippen LogP) is 1.27. The van der Waals surface area contributed by atoms with Gasteiger partial charge < -0.3 is 25.6 Å². The van der Waals surface area contributed by atoms with Crippen LogP contribution in [-0.2, 0) is 4.79 Å². The molecule has 0 fully saturated rings. The zero-order valence-corrected chi connectivity index (χ0v) is 12.5. The van der Waals surface area contributed by atoms with Crippen molar-refractivity contribution in [2.75, 3.05) is 19.0 Å². The Balaban J connectivity index is 2.76. The summed E-state index contributed by atoms with van der Waals surface area (Å²) < 4.78 is 5.20. The highest BCUT2D eigenvalue weighted by Crippen LogP contribution is 2.27. The molecule has 21 heavy (non-hydrogen) atoms. The molecule has 1 unspecified atom stereocenters. The first-order valence-corrected chi connectivity index (χ1v) is 6.33. The van der Waals surface area contributed by atoms with E-state index >= 15 is 0 Å². The first-order valence-electron chi connectivity index (χ1n) is 6.33. The monoisotopic (exact) mass is 296 g/mol. The van der Waals surface area contributed by atoms with Crippen molar-refractivity contribution >= 4 is 17.7 Å². The van der Waals surface area contributed by atoms with Crippen LogP contribution in [0.4, 0.5) is 10.5 Å². The van der Waals surface area contributed by atoms with Crippen molar-refractivity contribution in [2.45, 2.75) is 26.4 Å². The van der Waals surface area contributed by atoms with Gasteiger partial charge in [-0.15, -0.1) is 0 Å². The fourth-order valence-electron chi connectivity index (χ4n) is 1.66. The third kappa shape index (κ3) is 4.35. The topological polar surface area (TPSA) is 108 Å². The maximum absolute atomic E-state index is 11.8. The predicted molar refractivity (Wildman–Crippen MR) is 77.7 cm³/mol. The number of amides is 2. The number of aliphatic carboxylic acids is 1. The van der Waals surface area contributed by atoms with Gasteiger partial charge in [-0.05, 0) is 38.5 Å². The Morgan fingerprint density at radius 2 is 1.95 bits per heavy atom. The van der Waals surface area contributed by atoms with Crippen LogP contribution in [0.3, 0.4) is 0 Å². The smallest absolute Gasteiger partial charge is 0.337 e. The molecule has 7 heteroatoms. The molecule has 0 saturated heterocycles. The lowest BCUT2D eigenvalue weighted by Gasteiger charge is -2.19. The largest absolute Gasteiger partial charge is 0.496 e. The van der Waals surface area contributed by atoms with Gasteiger partial charge in [0.1, 0.15) is 5.75 Å². The zero-order valence-electron chi connectivity index (χ0n) is 12.5. The molecule has 0 saturated carbocycles. The maximum atomic E-state index is 11.8. The third-order valence-electron chi connectivity index (χ3n) is 3.03. The van der Waals surface area contributed by atoms with Crippen molar-refractivity contribution in [3.63, 3.8) is 0 Å². The lowest BCUT2D eigenvalue weighted by atomic mass is 10.1. The number of urea groups is 1. The fourth-order valence-corrected chi connectivity index (χ4v) is 1.66. The highest BCUT2D eigenvalue weighted by molar-refractivity contribution is 5.91. The standard InChI is InChI=1S/C14H20N2O5/c1-8-5-10(9(2)11(6-8)21-4)16-13(19)15-7-14(3,20)12(17)18/h5-6,20H,7H2,1-4H3,(H,17,18)(H2,15,16,19). The molecule has 1 aromatic rings. The van der Waals surface area contributed by atoms with E-state index in [0.29, 0.717) is 11.4 Å². The van der Waals surface area contributed by atoms with Gasteiger partial charge in [-0.3, -0.25) is 0 Å². The first kappa shape index (κ1) is 16.8. The van der Waals surface area contributed by atoms with Gasteiger partial charge in [-0.1, -0.05) is 0 Å². The van der Waals surface area contributed by atoms with Crippen LogP contribution in [0.15, 0.2) is 12.1 Å². The number of ether oxygens (including phenoxy) is 1. The molecule has 7 nitrogen and oxygen atoms in total. The van der Waals surface area contributed by atoms with Crippen molar-refractivity contribution in [3.8, 4) is 5.75 Å². The molecular weight excluding hydrogens is 276 g/mol. The Bertz CT molecular complexity index is 555. The minimum absolute atomic E-state index is 0.407. The van der Waals surface area contributed by atoms with Gasteiger partial charge in [0, 0.05) is 11.3 Å². The van der Waals surface area contributed by atoms with Gasteiger partial charge in [0.25, 0.3) is 0 Å². The summed E-state index contributed by atoms with van der Waals surface area (Å²) in [4.78, 5) is 22.5. The van der Waals surface area contributed by atoms with Gasteiger partial charge in [-0.25, -0.2) is 9.59 Å². The van der Waals surface area contributed by atoms with Crippen LogP contribution >= 0.6 is 0 Å². The van der Waals surface area contributed by atoms with Gasteiger partial charge in [-0.2, -0.15) is 0 Å². The molecule has 4 N–H and O–H groups in total. The minimum Gasteiger partial charge on any atom is -0.496 e. The number of nitrogens with one attached hydrogen (secondary N) is 2. The van der Waals surface area contributed by atoms with Crippen molar-refractivity contribution in [3.05, 3.63) is 23.3 Å². The molecule has 0 radical (unpaired) electrons. The summed E-state index contributed by atoms with van der Waals surface area (Å²) >= 11 is 0. The zero-order chi connectivity index (χ0) is 16.2. The summed E-state index contributed by atoms with van der Waals surface area (Å²) in [6.45, 7) is 4.36. The van der Waals surface area contributed by atoms with Crippen molar-refractivity contribution < 1.29 is 24.5 Å². The van der Waals surface area contributed by atoms with E-state index in [4.69, 9.17) is 9.84 Å². The lowest BCUT2D eigenvalue weighted by molar-refractivity contribution is -0.155. The molecule has 0 heterocycles. The van der Waals surface area contributed by atoms with Gasteiger partial charge in [0.2, 0.25) is 0 Å². The number of benzene rings is 1. The molecule has 0 aromatic heterocycles. The van der Waals surface area contributed by atoms with Crippen molar-refractivity contribution in [1.82, 2.24) is 5.32 Å². The Labute approximate surface area is 122 Å². The van der Waals surface area contributed by atoms with E-state index in [2.05, 4.69) is 10.6 Å². The van der Waals surface area contributed by atoms with Crippen LogP contribution in [0.1, 0.15) is 18.1 Å². The van der Waals surface area contributed by atoms with Gasteiger partial charge in [0.05, 0.1) is 13.7 Å². The van der Waals surface area contributed by atoms with Crippen LogP contribution in [-0.4, -0.2) is 41.5 Å². The Hall–Kier alpha value is -2.28. The van der Waals surface area contributed by atoms with Crippen LogP contribution < -0.4 is 15.4 Å². The molecule has 1 atom stereocenters. The second-order valence-corrected chi connectivity index (χ2v) is 5.03. The van der Waals surface area contributed by atoms with Crippen LogP contribution in [0.25, 0.3) is 0 Å². The SMILES string of the molecule is COc1cc(C)cc(NC(=O)NCC(C)(O)C(=O)O)c1C. The number of rotatable bonds is 5. The average molecular weight is 296 g/mol. The van der Waals surface area contributed by atoms with Crippen molar-refractivity contribution in [2.24, 2.45) is 0 Å². The van der Waals surface area contributed by atoms with E-state index < -0.39 is 24.1 Å². The fraction of sp³-hybridized carbons (Fsp3) is 0.429. The molecule has 0 aliphatic rings. The van der Waals surface area contributed by atoms with E-state index in [-0.39, 0.29) is 0 Å². The lowest BCUT2D eigenvalue weighted by Crippen LogP contribution is -2.47. The molecule has 1 aromatic carbocycles. The van der Waals surface area contributed by atoms with E-state index in [1.54, 1.807) is 13.0 Å². The molecule has 0 spiro atoms. The van der Waals surface area contributed by atoms with Crippen LogP contribution in [0.2, 0.25) is 0 Å². The number of carboxylic acid groups (broad SMARTS) is 1. The summed E-state index contributed by atoms with van der Waals surface area (Å²) in [5.41, 5.74) is 0.198. The van der Waals surface area contributed by atoms with E-state index in [0.717, 1.165) is 18.1 Å². The molecule has 0 aliphatic heterocycles. The number of carboxylic acids is 1. The van der Waals surface area contributed by atoms with Crippen LogP contribution in [0.5, 0.6) is 5.75 Å². The first-order chi connectivity index (χ1) is 9.67. The average Bonchev–Trinajstić information content (AvgIpc) is 2.40. The van der Waals surface area contributed by atoms with E-state index in [1.807, 2.05) is 13.0 Å². The van der Waals surface area contributed by atoms with E-state index in [9.17, 15) is 14.7 Å². The number of methoxy groups -OCH3 is 1. The summed E-state index contributed by atoms with van der Waals surface area (Å²) in [5.74, 6) is -0.765. The number of hydrogen-bond donors (Lipinski definition) is 4. The van der Waals surface area contributed by atoms with Gasteiger partial charge in [0.15, 0.2) is 5.60 Å². The highest BCUT2D eigenvalue weighted by Gasteiger charge is 2.30. The second kappa shape index (κ2) is 6.45. The summed E-state index contributed by atoms with van der Waals surface area (Å²) in [5, 5.41) is 23.2. The number of carbonyl (C=O) groups excluding carboxylic acids is 1. The second-order valence-electron chi connectivity index (χ2n) is 5.03. The quantitative estimate of drug-likeness (QED) is 0.654. The highest BCUT2D eigenvalue weighted by atomic mass is 16.5. The Morgan fingerprint density at radius 1 is 1.33 bits per heavy atom. The number of hydrogen-bond acceptors (Lipinski definition) is 4. The molecular formula is C14H20N2O5. The molecule has 116 valence electrons. The van der Waals surface area contributed by atoms with E-state index in [1.165, 1.54) is 7.11 Å². The summed E-state index contributed by atoms with van der Waals surface area (Å²) in [7, 11) is 1.54. The number of aryl methyl sites for hydroxylation is 1. The number of anilines is 1.